The number of nitrogens with one attached hydrogen (secondary N) is 1. The Kier molecular flexibility index (Phi) is 5.00. The largest absolute Gasteiger partial charge is 0.490 e. The van der Waals surface area contributed by atoms with E-state index in [2.05, 4.69) is 34.0 Å². The van der Waals surface area contributed by atoms with Crippen molar-refractivity contribution in [3.63, 3.8) is 0 Å². The Morgan fingerprint density at radius 2 is 2.12 bits per heavy atom. The second kappa shape index (κ2) is 6.27. The first-order chi connectivity index (χ1) is 8.15. The standard InChI is InChI=1S/C12H22N4O/c1-6-9(3)16(4)12-10(17-5)11(13-7-2)14-8-15-12/h8-9H,6-7H2,1-5H3,(H,13,14,15). The van der Waals surface area contributed by atoms with E-state index in [4.69, 9.17) is 4.74 Å². The van der Waals surface area contributed by atoms with Crippen LogP contribution in [0.4, 0.5) is 11.6 Å². The van der Waals surface area contributed by atoms with Crippen LogP contribution in [0.5, 0.6) is 5.75 Å². The highest BCUT2D eigenvalue weighted by molar-refractivity contribution is 5.64. The number of aromatic nitrogens is 2. The molecule has 1 unspecified atom stereocenters. The summed E-state index contributed by atoms with van der Waals surface area (Å²) < 4.78 is 5.42. The number of ether oxygens (including phenoxy) is 1. The van der Waals surface area contributed by atoms with E-state index in [1.165, 1.54) is 0 Å². The molecule has 1 N–H and O–H groups in total. The molecular formula is C12H22N4O. The van der Waals surface area contributed by atoms with Crippen LogP contribution >= 0.6 is 0 Å². The second-order valence-electron chi connectivity index (χ2n) is 3.98. The molecule has 1 aromatic heterocycles. The summed E-state index contributed by atoms with van der Waals surface area (Å²) in [6, 6.07) is 0.410. The summed E-state index contributed by atoms with van der Waals surface area (Å²) in [7, 11) is 3.67. The van der Waals surface area contributed by atoms with Gasteiger partial charge in [-0.2, -0.15) is 0 Å². The molecular weight excluding hydrogens is 216 g/mol. The molecule has 1 atom stereocenters. The Morgan fingerprint density at radius 1 is 1.41 bits per heavy atom. The van der Waals surface area contributed by atoms with E-state index < -0.39 is 0 Å². The van der Waals surface area contributed by atoms with E-state index in [-0.39, 0.29) is 0 Å². The number of nitrogens with zero attached hydrogens (tertiary/aromatic N) is 3. The molecule has 0 aromatic carbocycles. The first-order valence-electron chi connectivity index (χ1n) is 6.01. The van der Waals surface area contributed by atoms with Crippen molar-refractivity contribution in [3.8, 4) is 5.75 Å². The minimum absolute atomic E-state index is 0.410. The molecule has 1 aromatic rings. The van der Waals surface area contributed by atoms with Crippen LogP contribution in [0.1, 0.15) is 27.2 Å². The molecule has 0 saturated heterocycles. The highest BCUT2D eigenvalue weighted by Gasteiger charge is 2.18. The highest BCUT2D eigenvalue weighted by Crippen LogP contribution is 2.32. The SMILES string of the molecule is CCNc1ncnc(N(C)C(C)CC)c1OC. The first-order valence-corrected chi connectivity index (χ1v) is 6.01. The molecule has 0 aliphatic rings. The van der Waals surface area contributed by atoms with Gasteiger partial charge >= 0.3 is 0 Å². The van der Waals surface area contributed by atoms with Gasteiger partial charge in [-0.1, -0.05) is 6.92 Å². The molecule has 17 heavy (non-hydrogen) atoms. The van der Waals surface area contributed by atoms with Crippen LogP contribution in [0.15, 0.2) is 6.33 Å². The van der Waals surface area contributed by atoms with Gasteiger partial charge in [-0.05, 0) is 20.3 Å². The minimum atomic E-state index is 0.410. The van der Waals surface area contributed by atoms with Gasteiger partial charge in [0.25, 0.3) is 0 Å². The van der Waals surface area contributed by atoms with Crippen LogP contribution in [0.2, 0.25) is 0 Å². The molecule has 96 valence electrons. The Balaban J connectivity index is 3.10. The van der Waals surface area contributed by atoms with E-state index in [1.807, 2.05) is 14.0 Å². The molecule has 1 heterocycles. The Morgan fingerprint density at radius 3 is 2.65 bits per heavy atom. The van der Waals surface area contributed by atoms with Crippen molar-refractivity contribution in [1.29, 1.82) is 0 Å². The molecule has 1 rings (SSSR count). The summed E-state index contributed by atoms with van der Waals surface area (Å²) in [5.74, 6) is 2.28. The molecule has 0 fully saturated rings. The highest BCUT2D eigenvalue weighted by atomic mass is 16.5. The maximum absolute atomic E-state index is 5.42. The van der Waals surface area contributed by atoms with Gasteiger partial charge in [0.2, 0.25) is 5.75 Å². The maximum Gasteiger partial charge on any atom is 0.204 e. The lowest BCUT2D eigenvalue weighted by Gasteiger charge is -2.26. The van der Waals surface area contributed by atoms with Crippen LogP contribution < -0.4 is 15.0 Å². The van der Waals surface area contributed by atoms with E-state index in [0.717, 1.165) is 24.6 Å². The molecule has 5 heteroatoms. The number of hydrogen-bond donors (Lipinski definition) is 1. The van der Waals surface area contributed by atoms with Gasteiger partial charge in [0.1, 0.15) is 6.33 Å². The van der Waals surface area contributed by atoms with Crippen LogP contribution in [0.25, 0.3) is 0 Å². The average molecular weight is 238 g/mol. The summed E-state index contributed by atoms with van der Waals surface area (Å²) in [4.78, 5) is 10.6. The third-order valence-electron chi connectivity index (χ3n) is 2.92. The molecule has 0 aliphatic heterocycles. The van der Waals surface area contributed by atoms with Crippen LogP contribution in [-0.2, 0) is 0 Å². The predicted octanol–water partition coefficient (Wildman–Crippen LogP) is 2.15. The minimum Gasteiger partial charge on any atom is -0.490 e. The molecule has 5 nitrogen and oxygen atoms in total. The smallest absolute Gasteiger partial charge is 0.204 e. The van der Waals surface area contributed by atoms with Crippen molar-refractivity contribution in [2.75, 3.05) is 30.9 Å². The summed E-state index contributed by atoms with van der Waals surface area (Å²) in [6.45, 7) is 7.15. The van der Waals surface area contributed by atoms with Gasteiger partial charge in [0, 0.05) is 19.6 Å². The van der Waals surface area contributed by atoms with Crippen molar-refractivity contribution in [3.05, 3.63) is 6.33 Å². The monoisotopic (exact) mass is 238 g/mol. The van der Waals surface area contributed by atoms with Crippen LogP contribution in [0.3, 0.4) is 0 Å². The summed E-state index contributed by atoms with van der Waals surface area (Å²) >= 11 is 0. The van der Waals surface area contributed by atoms with Crippen LogP contribution in [0, 0.1) is 0 Å². The zero-order chi connectivity index (χ0) is 12.8. The zero-order valence-corrected chi connectivity index (χ0v) is 11.3. The number of rotatable bonds is 6. The summed E-state index contributed by atoms with van der Waals surface area (Å²) in [5, 5.41) is 3.18. The third-order valence-corrected chi connectivity index (χ3v) is 2.92. The van der Waals surface area contributed by atoms with Gasteiger partial charge in [0.15, 0.2) is 11.6 Å². The maximum atomic E-state index is 5.42. The third kappa shape index (κ3) is 2.99. The van der Waals surface area contributed by atoms with Gasteiger partial charge in [-0.3, -0.25) is 0 Å². The van der Waals surface area contributed by atoms with Crippen LogP contribution in [-0.4, -0.2) is 36.7 Å². The number of hydrogen-bond acceptors (Lipinski definition) is 5. The van der Waals surface area contributed by atoms with Gasteiger partial charge < -0.3 is 15.0 Å². The average Bonchev–Trinajstić information content (AvgIpc) is 2.37. The fourth-order valence-electron chi connectivity index (χ4n) is 1.58. The molecule has 0 aliphatic carbocycles. The zero-order valence-electron chi connectivity index (χ0n) is 11.3. The normalized spacial score (nSPS) is 12.1. The second-order valence-corrected chi connectivity index (χ2v) is 3.98. The van der Waals surface area contributed by atoms with Crippen molar-refractivity contribution in [2.45, 2.75) is 33.2 Å². The van der Waals surface area contributed by atoms with E-state index in [0.29, 0.717) is 11.8 Å². The summed E-state index contributed by atoms with van der Waals surface area (Å²) in [5.41, 5.74) is 0. The van der Waals surface area contributed by atoms with Gasteiger partial charge in [-0.15, -0.1) is 0 Å². The molecule has 0 amide bonds. The Labute approximate surface area is 103 Å². The van der Waals surface area contributed by atoms with E-state index >= 15 is 0 Å². The van der Waals surface area contributed by atoms with E-state index in [9.17, 15) is 0 Å². The van der Waals surface area contributed by atoms with Crippen molar-refractivity contribution >= 4 is 11.6 Å². The Hall–Kier alpha value is -1.52. The molecule has 0 radical (unpaired) electrons. The van der Waals surface area contributed by atoms with Crippen molar-refractivity contribution in [1.82, 2.24) is 9.97 Å². The fraction of sp³-hybridized carbons (Fsp3) is 0.667. The first kappa shape index (κ1) is 13.5. The lowest BCUT2D eigenvalue weighted by atomic mass is 10.2. The number of methoxy groups -OCH3 is 1. The van der Waals surface area contributed by atoms with Crippen molar-refractivity contribution < 1.29 is 4.74 Å². The van der Waals surface area contributed by atoms with Crippen molar-refractivity contribution in [2.24, 2.45) is 0 Å². The van der Waals surface area contributed by atoms with E-state index in [1.54, 1.807) is 13.4 Å². The topological polar surface area (TPSA) is 50.3 Å². The predicted molar refractivity (Wildman–Crippen MR) is 70.9 cm³/mol. The Bertz CT molecular complexity index is 356. The molecule has 0 saturated carbocycles. The van der Waals surface area contributed by atoms with Gasteiger partial charge in [0.05, 0.1) is 7.11 Å². The fourth-order valence-corrected chi connectivity index (χ4v) is 1.58. The number of anilines is 2. The molecule has 0 spiro atoms. The van der Waals surface area contributed by atoms with Gasteiger partial charge in [-0.25, -0.2) is 9.97 Å². The lowest BCUT2D eigenvalue weighted by molar-refractivity contribution is 0.411. The summed E-state index contributed by atoms with van der Waals surface area (Å²) in [6.07, 6.45) is 2.62. The molecule has 0 bridgehead atoms. The quantitative estimate of drug-likeness (QED) is 0.823. The lowest BCUT2D eigenvalue weighted by Crippen LogP contribution is -2.29.